The zero-order valence-electron chi connectivity index (χ0n) is 14.2. The Labute approximate surface area is 137 Å². The van der Waals surface area contributed by atoms with Crippen LogP contribution >= 0.6 is 0 Å². The van der Waals surface area contributed by atoms with Crippen molar-refractivity contribution in [3.8, 4) is 6.07 Å². The molecule has 23 heavy (non-hydrogen) atoms. The lowest BCUT2D eigenvalue weighted by molar-refractivity contribution is 0.0159. The van der Waals surface area contributed by atoms with Crippen molar-refractivity contribution in [2.45, 2.75) is 39.3 Å². The molecule has 6 heteroatoms. The Bertz CT molecular complexity index is 630. The molecule has 1 aliphatic rings. The molecular formula is C17H24N4O2. The van der Waals surface area contributed by atoms with Crippen LogP contribution in [0.2, 0.25) is 0 Å². The van der Waals surface area contributed by atoms with Gasteiger partial charge in [0.2, 0.25) is 0 Å². The third-order valence-corrected chi connectivity index (χ3v) is 3.78. The molecule has 0 radical (unpaired) electrons. The number of hydrogen-bond acceptors (Lipinski definition) is 5. The average molecular weight is 316 g/mol. The van der Waals surface area contributed by atoms with Crippen molar-refractivity contribution in [2.24, 2.45) is 0 Å². The number of nitrogen functional groups attached to an aromatic ring is 1. The molecule has 2 rings (SSSR count). The molecule has 0 unspecified atom stereocenters. The fourth-order valence-electron chi connectivity index (χ4n) is 2.62. The first-order valence-corrected chi connectivity index (χ1v) is 7.75. The molecule has 0 aromatic heterocycles. The number of benzene rings is 1. The molecule has 0 bridgehead atoms. The van der Waals surface area contributed by atoms with Crippen molar-refractivity contribution in [3.63, 3.8) is 0 Å². The summed E-state index contributed by atoms with van der Waals surface area (Å²) in [5.41, 5.74) is 7.18. The lowest BCUT2D eigenvalue weighted by atomic mass is 10.1. The standard InChI is InChI=1S/C17H24N4O2/c1-12-11-20(14-5-6-15(19)13(9-14)10-18)7-8-21(12)16(22)23-17(2,3)4/h5-6,9,12H,7-8,11,19H2,1-4H3/t12-/m1/s1. The smallest absolute Gasteiger partial charge is 0.410 e. The van der Waals surface area contributed by atoms with Gasteiger partial charge in [-0.25, -0.2) is 4.79 Å². The fraction of sp³-hybridized carbons (Fsp3) is 0.529. The minimum absolute atomic E-state index is 0.0293. The van der Waals surface area contributed by atoms with Crippen LogP contribution in [-0.4, -0.2) is 42.3 Å². The predicted octanol–water partition coefficient (Wildman–Crippen LogP) is 2.59. The molecule has 1 fully saturated rings. The normalized spacial score (nSPS) is 18.5. The highest BCUT2D eigenvalue weighted by atomic mass is 16.6. The van der Waals surface area contributed by atoms with Gasteiger partial charge in [0.25, 0.3) is 0 Å². The number of ether oxygens (including phenoxy) is 1. The number of nitriles is 1. The zero-order chi connectivity index (χ0) is 17.2. The lowest BCUT2D eigenvalue weighted by Crippen LogP contribution is -2.55. The van der Waals surface area contributed by atoms with Gasteiger partial charge in [0.05, 0.1) is 5.56 Å². The lowest BCUT2D eigenvalue weighted by Gasteiger charge is -2.41. The number of carbonyl (C=O) groups is 1. The van der Waals surface area contributed by atoms with Crippen LogP contribution in [0.15, 0.2) is 18.2 Å². The maximum atomic E-state index is 12.2. The minimum atomic E-state index is -0.493. The second-order valence-corrected chi connectivity index (χ2v) is 6.85. The van der Waals surface area contributed by atoms with Gasteiger partial charge in [-0.05, 0) is 45.9 Å². The topological polar surface area (TPSA) is 82.6 Å². The highest BCUT2D eigenvalue weighted by Gasteiger charge is 2.31. The molecule has 1 saturated heterocycles. The van der Waals surface area contributed by atoms with Crippen LogP contribution in [0, 0.1) is 11.3 Å². The maximum Gasteiger partial charge on any atom is 0.410 e. The van der Waals surface area contributed by atoms with E-state index in [0.29, 0.717) is 30.9 Å². The predicted molar refractivity (Wildman–Crippen MR) is 90.2 cm³/mol. The number of amides is 1. The first-order valence-electron chi connectivity index (χ1n) is 7.75. The fourth-order valence-corrected chi connectivity index (χ4v) is 2.62. The average Bonchev–Trinajstić information content (AvgIpc) is 2.45. The SMILES string of the molecule is C[C@@H]1CN(c2ccc(N)c(C#N)c2)CCN1C(=O)OC(C)(C)C. The number of hydrogen-bond donors (Lipinski definition) is 1. The summed E-state index contributed by atoms with van der Waals surface area (Å²) in [5.74, 6) is 0. The summed E-state index contributed by atoms with van der Waals surface area (Å²) in [7, 11) is 0. The van der Waals surface area contributed by atoms with E-state index in [-0.39, 0.29) is 12.1 Å². The molecule has 1 aromatic carbocycles. The molecule has 1 atom stereocenters. The molecule has 1 aromatic rings. The first-order chi connectivity index (χ1) is 10.7. The molecule has 2 N–H and O–H groups in total. The van der Waals surface area contributed by atoms with E-state index in [1.165, 1.54) is 0 Å². The van der Waals surface area contributed by atoms with Crippen LogP contribution in [-0.2, 0) is 4.74 Å². The minimum Gasteiger partial charge on any atom is -0.444 e. The molecule has 0 saturated carbocycles. The Morgan fingerprint density at radius 2 is 2.09 bits per heavy atom. The zero-order valence-corrected chi connectivity index (χ0v) is 14.2. The Kier molecular flexibility index (Phi) is 4.69. The number of carbonyl (C=O) groups excluding carboxylic acids is 1. The van der Waals surface area contributed by atoms with E-state index in [1.807, 2.05) is 33.8 Å². The van der Waals surface area contributed by atoms with E-state index in [2.05, 4.69) is 11.0 Å². The third kappa shape index (κ3) is 4.07. The van der Waals surface area contributed by atoms with Crippen LogP contribution in [0.3, 0.4) is 0 Å². The summed E-state index contributed by atoms with van der Waals surface area (Å²) in [4.78, 5) is 16.2. The van der Waals surface area contributed by atoms with Gasteiger partial charge in [-0.15, -0.1) is 0 Å². The van der Waals surface area contributed by atoms with Crippen LogP contribution in [0.4, 0.5) is 16.2 Å². The number of piperazine rings is 1. The van der Waals surface area contributed by atoms with Gasteiger partial charge in [0, 0.05) is 37.1 Å². The van der Waals surface area contributed by atoms with Crippen LogP contribution in [0.25, 0.3) is 0 Å². The van der Waals surface area contributed by atoms with Gasteiger partial charge in [0.1, 0.15) is 11.7 Å². The first kappa shape index (κ1) is 16.9. The highest BCUT2D eigenvalue weighted by molar-refractivity contribution is 5.69. The van der Waals surface area contributed by atoms with Crippen LogP contribution in [0.5, 0.6) is 0 Å². The molecule has 1 aliphatic heterocycles. The number of rotatable bonds is 1. The monoisotopic (exact) mass is 316 g/mol. The summed E-state index contributed by atoms with van der Waals surface area (Å²) in [6.45, 7) is 9.56. The molecule has 1 amide bonds. The Morgan fingerprint density at radius 1 is 1.39 bits per heavy atom. The summed E-state index contributed by atoms with van der Waals surface area (Å²) in [6.07, 6.45) is -0.278. The molecular weight excluding hydrogens is 292 g/mol. The second kappa shape index (κ2) is 6.37. The van der Waals surface area contributed by atoms with Crippen molar-refractivity contribution in [1.29, 1.82) is 5.26 Å². The highest BCUT2D eigenvalue weighted by Crippen LogP contribution is 2.24. The van der Waals surface area contributed by atoms with Gasteiger partial charge in [0.15, 0.2) is 0 Å². The van der Waals surface area contributed by atoms with Gasteiger partial charge >= 0.3 is 6.09 Å². The van der Waals surface area contributed by atoms with Crippen molar-refractivity contribution < 1.29 is 9.53 Å². The van der Waals surface area contributed by atoms with E-state index in [4.69, 9.17) is 15.7 Å². The number of nitrogens with zero attached hydrogens (tertiary/aromatic N) is 3. The molecule has 0 aliphatic carbocycles. The Balaban J connectivity index is 2.07. The van der Waals surface area contributed by atoms with E-state index in [0.717, 1.165) is 5.69 Å². The number of nitrogens with two attached hydrogens (primary N) is 1. The quantitative estimate of drug-likeness (QED) is 0.805. The summed E-state index contributed by atoms with van der Waals surface area (Å²) < 4.78 is 5.45. The van der Waals surface area contributed by atoms with Gasteiger partial charge in [-0.3, -0.25) is 0 Å². The summed E-state index contributed by atoms with van der Waals surface area (Å²) in [5, 5.41) is 9.10. The maximum absolute atomic E-state index is 12.2. The Hall–Kier alpha value is -2.42. The largest absolute Gasteiger partial charge is 0.444 e. The van der Waals surface area contributed by atoms with Gasteiger partial charge in [-0.2, -0.15) is 5.26 Å². The second-order valence-electron chi connectivity index (χ2n) is 6.85. The van der Waals surface area contributed by atoms with E-state index >= 15 is 0 Å². The molecule has 1 heterocycles. The van der Waals surface area contributed by atoms with E-state index in [1.54, 1.807) is 17.0 Å². The van der Waals surface area contributed by atoms with Gasteiger partial charge < -0.3 is 20.3 Å². The molecule has 6 nitrogen and oxygen atoms in total. The molecule has 0 spiro atoms. The van der Waals surface area contributed by atoms with Crippen LogP contribution in [0.1, 0.15) is 33.3 Å². The van der Waals surface area contributed by atoms with Gasteiger partial charge in [-0.1, -0.05) is 0 Å². The number of anilines is 2. The van der Waals surface area contributed by atoms with E-state index in [9.17, 15) is 4.79 Å². The van der Waals surface area contributed by atoms with Crippen LogP contribution < -0.4 is 10.6 Å². The Morgan fingerprint density at radius 3 is 2.65 bits per heavy atom. The third-order valence-electron chi connectivity index (χ3n) is 3.78. The van der Waals surface area contributed by atoms with Crippen molar-refractivity contribution >= 4 is 17.5 Å². The van der Waals surface area contributed by atoms with E-state index < -0.39 is 5.60 Å². The summed E-state index contributed by atoms with van der Waals surface area (Å²) >= 11 is 0. The summed E-state index contributed by atoms with van der Waals surface area (Å²) in [6, 6.07) is 7.59. The van der Waals surface area contributed by atoms with Crippen molar-refractivity contribution in [2.75, 3.05) is 30.3 Å². The van der Waals surface area contributed by atoms with Crippen molar-refractivity contribution in [3.05, 3.63) is 23.8 Å². The van der Waals surface area contributed by atoms with Crippen molar-refractivity contribution in [1.82, 2.24) is 4.90 Å². The molecule has 124 valence electrons.